The van der Waals surface area contributed by atoms with Crippen LogP contribution in [-0.2, 0) is 5.41 Å². The van der Waals surface area contributed by atoms with E-state index in [1.807, 2.05) is 42.5 Å². The first-order chi connectivity index (χ1) is 27.7. The molecule has 0 unspecified atom stereocenters. The maximum atomic E-state index is 9.38. The molecule has 0 amide bonds. The van der Waals surface area contributed by atoms with Gasteiger partial charge in [-0.3, -0.25) is 0 Å². The second kappa shape index (κ2) is 13.6. The molecule has 1 aromatic heterocycles. The molecule has 2 heterocycles. The lowest BCUT2D eigenvalue weighted by Crippen LogP contribution is -2.34. The highest BCUT2D eigenvalue weighted by molar-refractivity contribution is 5.89. The molecule has 10 rings (SSSR count). The largest absolute Gasteiger partial charge is 0.457 e. The van der Waals surface area contributed by atoms with Crippen molar-refractivity contribution in [2.75, 3.05) is 0 Å². The maximum Gasteiger partial charge on any atom is 0.164 e. The zero-order chi connectivity index (χ0) is 37.5. The smallest absolute Gasteiger partial charge is 0.164 e. The zero-order valence-corrected chi connectivity index (χ0v) is 30.2. The van der Waals surface area contributed by atoms with E-state index in [1.54, 1.807) is 12.1 Å². The Labute approximate surface area is 324 Å². The van der Waals surface area contributed by atoms with Crippen LogP contribution < -0.4 is 4.74 Å². The molecule has 0 saturated carbocycles. The van der Waals surface area contributed by atoms with E-state index < -0.39 is 5.41 Å². The Balaban J connectivity index is 1.16. The van der Waals surface area contributed by atoms with Gasteiger partial charge in [0.25, 0.3) is 0 Å². The second-order valence-electron chi connectivity index (χ2n) is 13.9. The molecule has 0 bridgehead atoms. The summed E-state index contributed by atoms with van der Waals surface area (Å²) in [5, 5.41) is 11.7. The molecule has 5 heteroatoms. The number of nitriles is 1. The average molecular weight is 717 g/mol. The van der Waals surface area contributed by atoms with Crippen molar-refractivity contribution in [3.63, 3.8) is 0 Å². The van der Waals surface area contributed by atoms with Crippen LogP contribution in [0.4, 0.5) is 0 Å². The van der Waals surface area contributed by atoms with Gasteiger partial charge in [-0.2, -0.15) is 5.26 Å². The number of fused-ring (bicyclic) bond motifs is 3. The molecule has 8 aromatic carbocycles. The molecule has 5 nitrogen and oxygen atoms in total. The third kappa shape index (κ3) is 5.52. The van der Waals surface area contributed by atoms with Gasteiger partial charge in [0.05, 0.1) is 17.0 Å². The predicted molar refractivity (Wildman–Crippen MR) is 222 cm³/mol. The van der Waals surface area contributed by atoms with Gasteiger partial charge in [-0.15, -0.1) is 0 Å². The van der Waals surface area contributed by atoms with Gasteiger partial charge in [-0.1, -0.05) is 152 Å². The van der Waals surface area contributed by atoms with Crippen molar-refractivity contribution in [3.05, 3.63) is 222 Å². The zero-order valence-electron chi connectivity index (χ0n) is 30.2. The molecule has 262 valence electrons. The number of benzene rings is 8. The van der Waals surface area contributed by atoms with Crippen molar-refractivity contribution in [1.29, 1.82) is 5.26 Å². The summed E-state index contributed by atoms with van der Waals surface area (Å²) in [5.41, 5.74) is 9.05. The molecular weight excluding hydrogens is 685 g/mol. The van der Waals surface area contributed by atoms with Crippen molar-refractivity contribution in [1.82, 2.24) is 15.0 Å². The first-order valence-corrected chi connectivity index (χ1v) is 18.6. The molecule has 1 aliphatic heterocycles. The highest BCUT2D eigenvalue weighted by Gasteiger charge is 2.47. The lowest BCUT2D eigenvalue weighted by molar-refractivity contribution is 0.436. The average Bonchev–Trinajstić information content (AvgIpc) is 3.28. The van der Waals surface area contributed by atoms with E-state index in [-0.39, 0.29) is 0 Å². The molecule has 0 N–H and O–H groups in total. The van der Waals surface area contributed by atoms with Gasteiger partial charge in [0.1, 0.15) is 11.5 Å². The molecule has 0 saturated heterocycles. The van der Waals surface area contributed by atoms with Gasteiger partial charge >= 0.3 is 0 Å². The van der Waals surface area contributed by atoms with E-state index in [9.17, 15) is 5.26 Å². The Morgan fingerprint density at radius 1 is 0.429 bits per heavy atom. The minimum absolute atomic E-state index is 0.540. The van der Waals surface area contributed by atoms with E-state index in [4.69, 9.17) is 19.7 Å². The maximum absolute atomic E-state index is 9.38. The van der Waals surface area contributed by atoms with Crippen LogP contribution in [0.3, 0.4) is 0 Å². The normalized spacial score (nSPS) is 12.6. The Hall–Kier alpha value is -7.68. The van der Waals surface area contributed by atoms with Crippen LogP contribution in [0, 0.1) is 11.3 Å². The van der Waals surface area contributed by atoms with E-state index in [0.29, 0.717) is 23.0 Å². The third-order valence-electron chi connectivity index (χ3n) is 10.7. The summed E-state index contributed by atoms with van der Waals surface area (Å²) in [6, 6.07) is 68.8. The molecule has 56 heavy (non-hydrogen) atoms. The fraction of sp³-hybridized carbons (Fsp3) is 0.0196. The van der Waals surface area contributed by atoms with Crippen molar-refractivity contribution >= 4 is 10.8 Å². The number of aromatic nitrogens is 3. The molecule has 1 aliphatic rings. The summed E-state index contributed by atoms with van der Waals surface area (Å²) in [6.45, 7) is 0. The van der Waals surface area contributed by atoms with Crippen LogP contribution in [0.15, 0.2) is 194 Å². The Kier molecular flexibility index (Phi) is 8.01. The fourth-order valence-corrected chi connectivity index (χ4v) is 8.08. The monoisotopic (exact) mass is 716 g/mol. The van der Waals surface area contributed by atoms with Gasteiger partial charge in [0.15, 0.2) is 17.5 Å². The first-order valence-electron chi connectivity index (χ1n) is 18.6. The van der Waals surface area contributed by atoms with Gasteiger partial charge in [-0.05, 0) is 75.5 Å². The molecule has 0 spiro atoms. The number of hydrogen-bond acceptors (Lipinski definition) is 5. The van der Waals surface area contributed by atoms with Crippen molar-refractivity contribution in [2.24, 2.45) is 0 Å². The van der Waals surface area contributed by atoms with Crippen LogP contribution in [-0.4, -0.2) is 15.0 Å². The van der Waals surface area contributed by atoms with E-state index >= 15 is 0 Å². The minimum Gasteiger partial charge on any atom is -0.457 e. The number of rotatable bonds is 6. The summed E-state index contributed by atoms with van der Waals surface area (Å²) in [4.78, 5) is 14.8. The van der Waals surface area contributed by atoms with Crippen molar-refractivity contribution < 1.29 is 4.74 Å². The van der Waals surface area contributed by atoms with Crippen molar-refractivity contribution in [3.8, 4) is 62.9 Å². The van der Waals surface area contributed by atoms with Crippen LogP contribution >= 0.6 is 0 Å². The van der Waals surface area contributed by atoms with Gasteiger partial charge < -0.3 is 4.74 Å². The quantitative estimate of drug-likeness (QED) is 0.171. The summed E-state index contributed by atoms with van der Waals surface area (Å²) >= 11 is 0. The molecule has 0 radical (unpaired) electrons. The van der Waals surface area contributed by atoms with Crippen LogP contribution in [0.5, 0.6) is 11.5 Å². The van der Waals surface area contributed by atoms with Crippen LogP contribution in [0.1, 0.15) is 27.8 Å². The highest BCUT2D eigenvalue weighted by atomic mass is 16.5. The van der Waals surface area contributed by atoms with Gasteiger partial charge in [0, 0.05) is 27.8 Å². The minimum atomic E-state index is -0.695. The topological polar surface area (TPSA) is 71.7 Å². The SMILES string of the molecule is N#Cc1ccc(-c2nc(-c3ccccc3)nc(-c3ccc(-c4cccc5c4C(c4ccccc4)(c4ccccc4)c4cc6ccccc6cc4O5)cc3)n2)cc1. The summed E-state index contributed by atoms with van der Waals surface area (Å²) in [5.74, 6) is 3.35. The Morgan fingerprint density at radius 3 is 1.48 bits per heavy atom. The fourth-order valence-electron chi connectivity index (χ4n) is 8.08. The molecular formula is C51H32N4O. The van der Waals surface area contributed by atoms with E-state index in [0.717, 1.165) is 72.3 Å². The first kappa shape index (κ1) is 32.9. The summed E-state index contributed by atoms with van der Waals surface area (Å²) < 4.78 is 6.92. The highest BCUT2D eigenvalue weighted by Crippen LogP contribution is 2.58. The second-order valence-corrected chi connectivity index (χ2v) is 13.9. The Bertz CT molecular complexity index is 2880. The third-order valence-corrected chi connectivity index (χ3v) is 10.7. The van der Waals surface area contributed by atoms with Gasteiger partial charge in [-0.25, -0.2) is 15.0 Å². The van der Waals surface area contributed by atoms with Crippen molar-refractivity contribution in [2.45, 2.75) is 5.41 Å². The summed E-state index contributed by atoms with van der Waals surface area (Å²) in [7, 11) is 0. The molecule has 0 aliphatic carbocycles. The number of hydrogen-bond donors (Lipinski definition) is 0. The Morgan fingerprint density at radius 2 is 0.911 bits per heavy atom. The number of ether oxygens (including phenoxy) is 1. The van der Waals surface area contributed by atoms with Crippen LogP contribution in [0.2, 0.25) is 0 Å². The lowest BCUT2D eigenvalue weighted by Gasteiger charge is -2.43. The molecule has 0 atom stereocenters. The summed E-state index contributed by atoms with van der Waals surface area (Å²) in [6.07, 6.45) is 0. The number of nitrogens with zero attached hydrogens (tertiary/aromatic N) is 4. The van der Waals surface area contributed by atoms with E-state index in [2.05, 4.69) is 146 Å². The van der Waals surface area contributed by atoms with E-state index in [1.165, 1.54) is 0 Å². The molecule has 9 aromatic rings. The lowest BCUT2D eigenvalue weighted by atomic mass is 9.62. The van der Waals surface area contributed by atoms with Gasteiger partial charge in [0.2, 0.25) is 0 Å². The van der Waals surface area contributed by atoms with Crippen LogP contribution in [0.25, 0.3) is 56.1 Å². The standard InChI is InChI=1S/C51H32N4O/c52-33-34-23-25-37(26-24-34)49-53-48(36-13-4-1-5-14-36)54-50(55-49)38-29-27-35(28-30-38)43-21-12-22-45-47(43)51(41-17-6-2-7-18-41,42-19-8-3-9-20-42)44-31-39-15-10-11-16-40(39)32-46(44)56-45/h1-32H. The predicted octanol–water partition coefficient (Wildman–Crippen LogP) is 12.1. The molecule has 0 fully saturated rings.